The molecule has 2 rings (SSSR count). The maximum Gasteiger partial charge on any atom is 0.245 e. The van der Waals surface area contributed by atoms with Gasteiger partial charge in [0.25, 0.3) is 0 Å². The van der Waals surface area contributed by atoms with Gasteiger partial charge in [0.15, 0.2) is 0 Å². The highest BCUT2D eigenvalue weighted by molar-refractivity contribution is 7.89. The van der Waals surface area contributed by atoms with E-state index in [2.05, 4.69) is 0 Å². The Kier molecular flexibility index (Phi) is 5.48. The smallest absolute Gasteiger partial charge is 0.245 e. The van der Waals surface area contributed by atoms with Gasteiger partial charge in [-0.25, -0.2) is 12.8 Å². The van der Waals surface area contributed by atoms with Crippen molar-refractivity contribution >= 4 is 33.2 Å². The van der Waals surface area contributed by atoms with Crippen molar-refractivity contribution in [3.63, 3.8) is 0 Å². The standard InChI is InChI=1S/C13H16Cl2FNO3S/c1-17(8-11-3-2-4-20-11)21(18,19)12-6-10(15)5-9(7-14)13(12)16/h5-6,11H,2-4,7-8H2,1H3. The zero-order valence-corrected chi connectivity index (χ0v) is 13.8. The molecule has 1 unspecified atom stereocenters. The molecule has 1 heterocycles. The summed E-state index contributed by atoms with van der Waals surface area (Å²) in [6.45, 7) is 0.810. The summed E-state index contributed by atoms with van der Waals surface area (Å²) in [6.07, 6.45) is 1.55. The topological polar surface area (TPSA) is 46.6 Å². The van der Waals surface area contributed by atoms with E-state index in [0.29, 0.717) is 6.61 Å². The first-order valence-electron chi connectivity index (χ1n) is 6.48. The predicted octanol–water partition coefficient (Wildman–Crippen LogP) is 3.02. The Morgan fingerprint density at radius 3 is 2.76 bits per heavy atom. The molecule has 1 aliphatic rings. The summed E-state index contributed by atoms with van der Waals surface area (Å²) in [5, 5.41) is 0.135. The first-order valence-corrected chi connectivity index (χ1v) is 8.83. The van der Waals surface area contributed by atoms with Crippen molar-refractivity contribution in [3.05, 3.63) is 28.5 Å². The highest BCUT2D eigenvalue weighted by atomic mass is 35.5. The predicted molar refractivity (Wildman–Crippen MR) is 79.8 cm³/mol. The summed E-state index contributed by atoms with van der Waals surface area (Å²) in [4.78, 5) is -0.453. The van der Waals surface area contributed by atoms with Gasteiger partial charge in [-0.05, 0) is 25.0 Å². The van der Waals surface area contributed by atoms with Gasteiger partial charge >= 0.3 is 0 Å². The lowest BCUT2D eigenvalue weighted by Gasteiger charge is -2.21. The van der Waals surface area contributed by atoms with Gasteiger partial charge in [-0.2, -0.15) is 4.31 Å². The molecule has 1 aromatic carbocycles. The van der Waals surface area contributed by atoms with Gasteiger partial charge in [0, 0.05) is 30.8 Å². The third kappa shape index (κ3) is 3.68. The summed E-state index contributed by atoms with van der Waals surface area (Å²) >= 11 is 11.5. The van der Waals surface area contributed by atoms with E-state index in [1.54, 1.807) is 0 Å². The first kappa shape index (κ1) is 17.0. The second kappa shape index (κ2) is 6.79. The van der Waals surface area contributed by atoms with Gasteiger partial charge in [-0.3, -0.25) is 0 Å². The monoisotopic (exact) mass is 355 g/mol. The number of hydrogen-bond acceptors (Lipinski definition) is 3. The van der Waals surface area contributed by atoms with Crippen molar-refractivity contribution in [2.24, 2.45) is 0 Å². The summed E-state index contributed by atoms with van der Waals surface area (Å²) in [6, 6.07) is 2.43. The van der Waals surface area contributed by atoms with E-state index >= 15 is 0 Å². The maximum atomic E-state index is 14.2. The molecule has 8 heteroatoms. The molecule has 0 amide bonds. The fraction of sp³-hybridized carbons (Fsp3) is 0.538. The molecule has 118 valence electrons. The van der Waals surface area contributed by atoms with Crippen molar-refractivity contribution in [2.45, 2.75) is 29.7 Å². The number of ether oxygens (including phenoxy) is 1. The first-order chi connectivity index (χ1) is 9.86. The maximum absolute atomic E-state index is 14.2. The van der Waals surface area contributed by atoms with Crippen LogP contribution in [-0.4, -0.2) is 39.0 Å². The summed E-state index contributed by atoms with van der Waals surface area (Å²) in [5.41, 5.74) is 0.0632. The molecule has 1 atom stereocenters. The van der Waals surface area contributed by atoms with Crippen LogP contribution in [0.25, 0.3) is 0 Å². The Morgan fingerprint density at radius 1 is 1.48 bits per heavy atom. The van der Waals surface area contributed by atoms with Crippen LogP contribution in [0.1, 0.15) is 18.4 Å². The lowest BCUT2D eigenvalue weighted by molar-refractivity contribution is 0.0978. The molecule has 0 saturated carbocycles. The Labute approximate surface area is 133 Å². The lowest BCUT2D eigenvalue weighted by atomic mass is 10.2. The quantitative estimate of drug-likeness (QED) is 0.762. The second-order valence-electron chi connectivity index (χ2n) is 4.93. The minimum atomic E-state index is -3.98. The van der Waals surface area contributed by atoms with E-state index in [1.165, 1.54) is 13.1 Å². The number of halogens is 3. The normalized spacial score (nSPS) is 19.4. The van der Waals surface area contributed by atoms with Crippen LogP contribution < -0.4 is 0 Å². The highest BCUT2D eigenvalue weighted by Gasteiger charge is 2.29. The third-order valence-corrected chi connectivity index (χ3v) is 5.73. The minimum Gasteiger partial charge on any atom is -0.377 e. The Balaban J connectivity index is 2.32. The molecule has 1 saturated heterocycles. The summed E-state index contributed by atoms with van der Waals surface area (Å²) in [7, 11) is -2.58. The van der Waals surface area contributed by atoms with Crippen molar-refractivity contribution in [3.8, 4) is 0 Å². The SMILES string of the molecule is CN(CC1CCCO1)S(=O)(=O)c1cc(Cl)cc(CCl)c1F. The Bertz CT molecular complexity index is 618. The average Bonchev–Trinajstić information content (AvgIpc) is 2.93. The van der Waals surface area contributed by atoms with Gasteiger partial charge in [0.2, 0.25) is 10.0 Å². The molecule has 0 N–H and O–H groups in total. The fourth-order valence-electron chi connectivity index (χ4n) is 2.24. The van der Waals surface area contributed by atoms with Crippen molar-refractivity contribution in [2.75, 3.05) is 20.2 Å². The summed E-state index contributed by atoms with van der Waals surface area (Å²) in [5.74, 6) is -1.00. The van der Waals surface area contributed by atoms with Crippen LogP contribution >= 0.6 is 23.2 Å². The largest absolute Gasteiger partial charge is 0.377 e. The number of likely N-dealkylation sites (N-methyl/N-ethyl adjacent to an activating group) is 1. The van der Waals surface area contributed by atoms with Gasteiger partial charge in [-0.15, -0.1) is 11.6 Å². The van der Waals surface area contributed by atoms with Crippen LogP contribution in [0.5, 0.6) is 0 Å². The molecule has 0 bridgehead atoms. The Hall–Kier alpha value is -0.400. The number of rotatable bonds is 5. The van der Waals surface area contributed by atoms with Crippen LogP contribution in [0.4, 0.5) is 4.39 Å². The van der Waals surface area contributed by atoms with Crippen LogP contribution in [0.3, 0.4) is 0 Å². The van der Waals surface area contributed by atoms with E-state index in [4.69, 9.17) is 27.9 Å². The van der Waals surface area contributed by atoms with Gasteiger partial charge in [-0.1, -0.05) is 11.6 Å². The molecule has 0 aliphatic carbocycles. The highest BCUT2D eigenvalue weighted by Crippen LogP contribution is 2.27. The van der Waals surface area contributed by atoms with E-state index < -0.39 is 20.7 Å². The molecule has 4 nitrogen and oxygen atoms in total. The van der Waals surface area contributed by atoms with Crippen LogP contribution in [0.2, 0.25) is 5.02 Å². The number of sulfonamides is 1. The molecular weight excluding hydrogens is 340 g/mol. The van der Waals surface area contributed by atoms with Crippen molar-refractivity contribution in [1.82, 2.24) is 4.31 Å². The van der Waals surface area contributed by atoms with Gasteiger partial charge in [0.1, 0.15) is 10.7 Å². The molecular formula is C13H16Cl2FNO3S. The fourth-order valence-corrected chi connectivity index (χ4v) is 4.08. The van der Waals surface area contributed by atoms with E-state index in [9.17, 15) is 12.8 Å². The number of hydrogen-bond donors (Lipinski definition) is 0. The molecule has 0 radical (unpaired) electrons. The van der Waals surface area contributed by atoms with Gasteiger partial charge in [0.05, 0.1) is 12.0 Å². The average molecular weight is 356 g/mol. The van der Waals surface area contributed by atoms with E-state index in [-0.39, 0.29) is 29.1 Å². The van der Waals surface area contributed by atoms with Crippen molar-refractivity contribution < 1.29 is 17.5 Å². The molecule has 0 spiro atoms. The molecule has 0 aromatic heterocycles. The zero-order valence-electron chi connectivity index (χ0n) is 11.5. The second-order valence-corrected chi connectivity index (χ2v) is 7.65. The minimum absolute atomic E-state index is 0.0632. The van der Waals surface area contributed by atoms with Crippen LogP contribution in [0, 0.1) is 5.82 Å². The summed E-state index contributed by atoms with van der Waals surface area (Å²) < 4.78 is 45.7. The zero-order chi connectivity index (χ0) is 15.6. The van der Waals surface area contributed by atoms with E-state index in [1.807, 2.05) is 0 Å². The molecule has 1 fully saturated rings. The Morgan fingerprint density at radius 2 is 2.19 bits per heavy atom. The third-order valence-electron chi connectivity index (χ3n) is 3.40. The van der Waals surface area contributed by atoms with Crippen molar-refractivity contribution in [1.29, 1.82) is 0 Å². The number of benzene rings is 1. The van der Waals surface area contributed by atoms with E-state index in [0.717, 1.165) is 23.2 Å². The van der Waals surface area contributed by atoms with Crippen LogP contribution in [-0.2, 0) is 20.6 Å². The molecule has 1 aromatic rings. The molecule has 1 aliphatic heterocycles. The number of nitrogens with zero attached hydrogens (tertiary/aromatic N) is 1. The van der Waals surface area contributed by atoms with Gasteiger partial charge < -0.3 is 4.74 Å². The number of alkyl halides is 1. The van der Waals surface area contributed by atoms with Crippen LogP contribution in [0.15, 0.2) is 17.0 Å². The lowest BCUT2D eigenvalue weighted by Crippen LogP contribution is -2.34. The molecule has 21 heavy (non-hydrogen) atoms.